The van der Waals surface area contributed by atoms with Gasteiger partial charge in [0.25, 0.3) is 0 Å². The molecule has 0 radical (unpaired) electrons. The van der Waals surface area contributed by atoms with E-state index in [4.69, 9.17) is 25.8 Å². The number of esters is 1. The van der Waals surface area contributed by atoms with E-state index < -0.39 is 0 Å². The van der Waals surface area contributed by atoms with Crippen molar-refractivity contribution in [1.29, 1.82) is 0 Å². The van der Waals surface area contributed by atoms with Gasteiger partial charge in [0.05, 0.1) is 41.4 Å². The summed E-state index contributed by atoms with van der Waals surface area (Å²) in [7, 11) is 1.35. The van der Waals surface area contributed by atoms with Crippen LogP contribution in [0, 0.1) is 0 Å². The summed E-state index contributed by atoms with van der Waals surface area (Å²) in [6, 6.07) is 18.2. The number of nitrogens with zero attached hydrogens (tertiary/aromatic N) is 2. The molecule has 0 unspecified atom stereocenters. The Morgan fingerprint density at radius 3 is 2.39 bits per heavy atom. The summed E-state index contributed by atoms with van der Waals surface area (Å²) < 4.78 is 18.2. The summed E-state index contributed by atoms with van der Waals surface area (Å²) in [5.74, 6) is 0.840. The molecular weight excluding hydrogens is 500 g/mol. The molecule has 4 aromatic rings. The van der Waals surface area contributed by atoms with E-state index in [-0.39, 0.29) is 11.8 Å². The standard InChI is InChI=1S/C27H25ClN2O5S/c1-4-34-26-16-22(18-5-7-19(8-6-18)27(32)33-3)29-30(26)13-14-35-23-10-9-20(15-21(23)28)25-12-11-24(36-25)17(2)31/h5-12,15-16H,4,13-14H2,1-3H3. The molecule has 0 aliphatic carbocycles. The zero-order valence-corrected chi connectivity index (χ0v) is 21.7. The van der Waals surface area contributed by atoms with Crippen LogP contribution < -0.4 is 9.47 Å². The van der Waals surface area contributed by atoms with E-state index >= 15 is 0 Å². The van der Waals surface area contributed by atoms with E-state index in [1.54, 1.807) is 23.7 Å². The van der Waals surface area contributed by atoms with Crippen molar-refractivity contribution in [1.82, 2.24) is 9.78 Å². The summed E-state index contributed by atoms with van der Waals surface area (Å²) >= 11 is 7.91. The van der Waals surface area contributed by atoms with Crippen molar-refractivity contribution < 1.29 is 23.8 Å². The summed E-state index contributed by atoms with van der Waals surface area (Å²) in [5, 5.41) is 5.14. The maximum absolute atomic E-state index is 11.7. The zero-order chi connectivity index (χ0) is 25.7. The largest absolute Gasteiger partial charge is 0.490 e. The lowest BCUT2D eigenvalue weighted by Crippen LogP contribution is -2.11. The van der Waals surface area contributed by atoms with Gasteiger partial charge in [-0.2, -0.15) is 5.10 Å². The monoisotopic (exact) mass is 524 g/mol. The fraction of sp³-hybridized carbons (Fsp3) is 0.222. The average molecular weight is 525 g/mol. The van der Waals surface area contributed by atoms with Crippen LogP contribution in [0.4, 0.5) is 0 Å². The second-order valence-corrected chi connectivity index (χ2v) is 9.30. The molecule has 0 N–H and O–H groups in total. The van der Waals surface area contributed by atoms with Crippen LogP contribution >= 0.6 is 22.9 Å². The first kappa shape index (κ1) is 25.5. The van der Waals surface area contributed by atoms with Gasteiger partial charge in [-0.15, -0.1) is 11.3 Å². The van der Waals surface area contributed by atoms with Crippen molar-refractivity contribution in [2.75, 3.05) is 20.3 Å². The highest BCUT2D eigenvalue weighted by molar-refractivity contribution is 7.17. The van der Waals surface area contributed by atoms with Crippen LogP contribution in [0.1, 0.15) is 33.9 Å². The average Bonchev–Trinajstić information content (AvgIpc) is 3.53. The number of carbonyl (C=O) groups excluding carboxylic acids is 2. The number of aromatic nitrogens is 2. The summed E-state index contributed by atoms with van der Waals surface area (Å²) in [5.41, 5.74) is 2.97. The number of rotatable bonds is 10. The van der Waals surface area contributed by atoms with Crippen molar-refractivity contribution in [3.05, 3.63) is 76.1 Å². The molecule has 0 aliphatic heterocycles. The Morgan fingerprint density at radius 2 is 1.75 bits per heavy atom. The van der Waals surface area contributed by atoms with Crippen LogP contribution in [0.2, 0.25) is 5.02 Å². The highest BCUT2D eigenvalue weighted by Crippen LogP contribution is 2.34. The van der Waals surface area contributed by atoms with Crippen molar-refractivity contribution in [3.8, 4) is 33.3 Å². The topological polar surface area (TPSA) is 79.7 Å². The van der Waals surface area contributed by atoms with Crippen LogP contribution in [0.25, 0.3) is 21.7 Å². The summed E-state index contributed by atoms with van der Waals surface area (Å²) in [4.78, 5) is 24.9. The van der Waals surface area contributed by atoms with Gasteiger partial charge < -0.3 is 14.2 Å². The normalized spacial score (nSPS) is 10.8. The van der Waals surface area contributed by atoms with E-state index in [1.807, 2.05) is 55.5 Å². The smallest absolute Gasteiger partial charge is 0.337 e. The van der Waals surface area contributed by atoms with Gasteiger partial charge in [0.15, 0.2) is 5.78 Å². The van der Waals surface area contributed by atoms with E-state index in [0.29, 0.717) is 46.9 Å². The summed E-state index contributed by atoms with van der Waals surface area (Å²) in [6.07, 6.45) is 0. The minimum atomic E-state index is -0.387. The fourth-order valence-corrected chi connectivity index (χ4v) is 4.69. The van der Waals surface area contributed by atoms with Crippen molar-refractivity contribution in [3.63, 3.8) is 0 Å². The van der Waals surface area contributed by atoms with Crippen LogP contribution in [-0.4, -0.2) is 41.9 Å². The highest BCUT2D eigenvalue weighted by Gasteiger charge is 2.13. The molecule has 0 bridgehead atoms. The van der Waals surface area contributed by atoms with Gasteiger partial charge in [0.1, 0.15) is 12.4 Å². The Labute approximate surface area is 218 Å². The maximum atomic E-state index is 11.7. The lowest BCUT2D eigenvalue weighted by atomic mass is 10.1. The molecule has 2 heterocycles. The lowest BCUT2D eigenvalue weighted by molar-refractivity contribution is 0.0600. The molecule has 0 fully saturated rings. The number of ether oxygens (including phenoxy) is 3. The Hall–Kier alpha value is -3.62. The highest BCUT2D eigenvalue weighted by atomic mass is 35.5. The molecule has 0 saturated heterocycles. The molecule has 0 saturated carbocycles. The molecule has 0 atom stereocenters. The first-order chi connectivity index (χ1) is 17.4. The molecule has 7 nitrogen and oxygen atoms in total. The predicted octanol–water partition coefficient (Wildman–Crippen LogP) is 6.40. The first-order valence-electron chi connectivity index (χ1n) is 11.3. The summed E-state index contributed by atoms with van der Waals surface area (Å²) in [6.45, 7) is 4.73. The van der Waals surface area contributed by atoms with Crippen LogP contribution in [-0.2, 0) is 11.3 Å². The molecule has 2 aromatic carbocycles. The lowest BCUT2D eigenvalue weighted by Gasteiger charge is -2.11. The van der Waals surface area contributed by atoms with E-state index in [2.05, 4.69) is 5.10 Å². The number of hydrogen-bond donors (Lipinski definition) is 0. The second kappa shape index (κ2) is 11.4. The maximum Gasteiger partial charge on any atom is 0.337 e. The molecule has 0 aliphatic rings. The number of benzene rings is 2. The minimum Gasteiger partial charge on any atom is -0.490 e. The number of hydrogen-bond acceptors (Lipinski definition) is 7. The molecule has 0 spiro atoms. The van der Waals surface area contributed by atoms with Gasteiger partial charge in [-0.3, -0.25) is 4.79 Å². The molecule has 4 rings (SSSR count). The number of ketones is 1. The van der Waals surface area contributed by atoms with Gasteiger partial charge in [0.2, 0.25) is 5.88 Å². The van der Waals surface area contributed by atoms with Crippen molar-refractivity contribution in [2.45, 2.75) is 20.4 Å². The van der Waals surface area contributed by atoms with Crippen LogP contribution in [0.15, 0.2) is 60.7 Å². The quantitative estimate of drug-likeness (QED) is 0.176. The number of methoxy groups -OCH3 is 1. The molecule has 0 amide bonds. The Morgan fingerprint density at radius 1 is 1.00 bits per heavy atom. The third-order valence-corrected chi connectivity index (χ3v) is 6.90. The third kappa shape index (κ3) is 5.78. The number of carbonyl (C=O) groups is 2. The first-order valence-corrected chi connectivity index (χ1v) is 12.5. The van der Waals surface area contributed by atoms with Gasteiger partial charge in [-0.1, -0.05) is 23.7 Å². The molecule has 2 aromatic heterocycles. The molecular formula is C27H25ClN2O5S. The van der Waals surface area contributed by atoms with Crippen molar-refractivity contribution >= 4 is 34.7 Å². The fourth-order valence-electron chi connectivity index (χ4n) is 3.56. The SMILES string of the molecule is CCOc1cc(-c2ccc(C(=O)OC)cc2)nn1CCOc1ccc(-c2ccc(C(C)=O)s2)cc1Cl. The van der Waals surface area contributed by atoms with E-state index in [1.165, 1.54) is 18.4 Å². The Bertz CT molecular complexity index is 1380. The zero-order valence-electron chi connectivity index (χ0n) is 20.1. The predicted molar refractivity (Wildman–Crippen MR) is 140 cm³/mol. The molecule has 186 valence electrons. The van der Waals surface area contributed by atoms with E-state index in [9.17, 15) is 9.59 Å². The van der Waals surface area contributed by atoms with Crippen LogP contribution in [0.3, 0.4) is 0 Å². The number of thiophene rings is 1. The Balaban J connectivity index is 1.44. The van der Waals surface area contributed by atoms with Gasteiger partial charge in [-0.05, 0) is 61.9 Å². The van der Waals surface area contributed by atoms with Gasteiger partial charge in [-0.25, -0.2) is 9.48 Å². The third-order valence-electron chi connectivity index (χ3n) is 5.37. The Kier molecular flexibility index (Phi) is 8.07. The second-order valence-electron chi connectivity index (χ2n) is 7.81. The number of Topliss-reactive ketones (excluding diaryl/α,β-unsaturated/α-hetero) is 1. The minimum absolute atomic E-state index is 0.0451. The van der Waals surface area contributed by atoms with Gasteiger partial charge >= 0.3 is 5.97 Å². The van der Waals surface area contributed by atoms with E-state index in [0.717, 1.165) is 21.7 Å². The molecule has 36 heavy (non-hydrogen) atoms. The van der Waals surface area contributed by atoms with Crippen LogP contribution in [0.5, 0.6) is 11.6 Å². The van der Waals surface area contributed by atoms with Crippen molar-refractivity contribution in [2.24, 2.45) is 0 Å². The number of halogens is 1. The van der Waals surface area contributed by atoms with Gasteiger partial charge in [0, 0.05) is 16.5 Å². The molecule has 9 heteroatoms.